The highest BCUT2D eigenvalue weighted by Gasteiger charge is 2.34. The zero-order chi connectivity index (χ0) is 17.6. The second-order valence-electron chi connectivity index (χ2n) is 5.15. The Morgan fingerprint density at radius 3 is 2.78 bits per heavy atom. The van der Waals surface area contributed by atoms with Crippen LogP contribution in [0.5, 0.6) is 0 Å². The highest BCUT2D eigenvalue weighted by Crippen LogP contribution is 2.18. The second-order valence-corrected chi connectivity index (χ2v) is 5.15. The van der Waals surface area contributed by atoms with Gasteiger partial charge in [0.05, 0.1) is 18.1 Å². The van der Waals surface area contributed by atoms with Gasteiger partial charge in [0.2, 0.25) is 5.91 Å². The molecule has 1 atom stereocenters. The van der Waals surface area contributed by atoms with Crippen molar-refractivity contribution >= 4 is 17.6 Å². The van der Waals surface area contributed by atoms with Crippen LogP contribution in [-0.4, -0.2) is 50.9 Å². The summed E-state index contributed by atoms with van der Waals surface area (Å²) < 4.78 is 6.14. The number of carbonyl (C=O) groups excluding carboxylic acids is 1. The van der Waals surface area contributed by atoms with Crippen LogP contribution in [0.2, 0.25) is 0 Å². The van der Waals surface area contributed by atoms with Crippen molar-refractivity contribution in [3.8, 4) is 0 Å². The highest BCUT2D eigenvalue weighted by atomic mass is 16.6. The van der Waals surface area contributed by atoms with Gasteiger partial charge in [0, 0.05) is 0 Å². The number of aromatic nitrogens is 2. The fourth-order valence-corrected chi connectivity index (χ4v) is 1.60. The van der Waals surface area contributed by atoms with Crippen LogP contribution >= 0.6 is 0 Å². The number of amides is 1. The van der Waals surface area contributed by atoms with E-state index in [0.29, 0.717) is 0 Å². The summed E-state index contributed by atoms with van der Waals surface area (Å²) in [6.07, 6.45) is 3.56. The molecule has 0 saturated heterocycles. The largest absolute Gasteiger partial charge is 0.480 e. The number of carbonyl (C=O) groups is 2. The van der Waals surface area contributed by atoms with Crippen LogP contribution in [0.4, 0.5) is 5.69 Å². The predicted octanol–water partition coefficient (Wildman–Crippen LogP) is 0.298. The van der Waals surface area contributed by atoms with E-state index in [9.17, 15) is 19.7 Å². The Kier molecular flexibility index (Phi) is 5.96. The number of hydrogen-bond acceptors (Lipinski definition) is 6. The molecule has 1 aromatic rings. The summed E-state index contributed by atoms with van der Waals surface area (Å²) in [5.74, 6) is -1.92. The van der Waals surface area contributed by atoms with Crippen molar-refractivity contribution in [1.29, 1.82) is 0 Å². The molecule has 0 fully saturated rings. The Bertz CT molecular complexity index is 609. The second kappa shape index (κ2) is 7.49. The molecule has 1 amide bonds. The molecule has 0 saturated carbocycles. The van der Waals surface area contributed by atoms with Crippen LogP contribution < -0.4 is 5.32 Å². The summed E-state index contributed by atoms with van der Waals surface area (Å²) >= 11 is 0. The number of aliphatic carboxylic acids is 1. The molecule has 2 N–H and O–H groups in total. The van der Waals surface area contributed by atoms with E-state index in [0.717, 1.165) is 17.1 Å². The molecule has 0 aromatic carbocycles. The van der Waals surface area contributed by atoms with Gasteiger partial charge in [-0.2, -0.15) is 5.10 Å². The summed E-state index contributed by atoms with van der Waals surface area (Å²) in [6, 6.07) is -1.26. The van der Waals surface area contributed by atoms with Gasteiger partial charge in [-0.3, -0.25) is 19.6 Å². The lowest BCUT2D eigenvalue weighted by Gasteiger charge is -2.26. The van der Waals surface area contributed by atoms with E-state index in [4.69, 9.17) is 9.84 Å². The Morgan fingerprint density at radius 1 is 1.65 bits per heavy atom. The van der Waals surface area contributed by atoms with Crippen LogP contribution in [0.1, 0.15) is 13.8 Å². The first-order valence-corrected chi connectivity index (χ1v) is 6.62. The van der Waals surface area contributed by atoms with E-state index >= 15 is 0 Å². The van der Waals surface area contributed by atoms with Gasteiger partial charge in [-0.1, -0.05) is 6.08 Å². The van der Waals surface area contributed by atoms with E-state index in [1.54, 1.807) is 0 Å². The van der Waals surface area contributed by atoms with E-state index in [1.165, 1.54) is 19.9 Å². The molecule has 1 heterocycles. The first-order chi connectivity index (χ1) is 10.7. The molecule has 0 radical (unpaired) electrons. The molecule has 126 valence electrons. The smallest absolute Gasteiger partial charge is 0.328 e. The average molecular weight is 326 g/mol. The van der Waals surface area contributed by atoms with Crippen molar-refractivity contribution in [2.75, 3.05) is 13.2 Å². The first kappa shape index (κ1) is 18.3. The minimum absolute atomic E-state index is 0.147. The maximum atomic E-state index is 12.3. The van der Waals surface area contributed by atoms with E-state index in [-0.39, 0.29) is 18.9 Å². The van der Waals surface area contributed by atoms with Crippen LogP contribution in [0.15, 0.2) is 25.0 Å². The zero-order valence-corrected chi connectivity index (χ0v) is 12.8. The van der Waals surface area contributed by atoms with Gasteiger partial charge in [0.1, 0.15) is 17.9 Å². The number of nitrogens with zero attached hydrogens (tertiary/aromatic N) is 3. The highest BCUT2D eigenvalue weighted by molar-refractivity contribution is 5.88. The number of hydrogen-bond donors (Lipinski definition) is 2. The molecule has 1 unspecified atom stereocenters. The zero-order valence-electron chi connectivity index (χ0n) is 12.8. The number of carboxylic acid groups (broad SMARTS) is 1. The fraction of sp³-hybridized carbons (Fsp3) is 0.462. The SMILES string of the molecule is C=CCOCC(NC(=O)C(C)(C)n1cc([N+](=O)[O-])cn1)C(=O)O. The van der Waals surface area contributed by atoms with Gasteiger partial charge >= 0.3 is 11.7 Å². The molecule has 0 spiro atoms. The third kappa shape index (κ3) is 4.61. The minimum Gasteiger partial charge on any atom is -0.480 e. The van der Waals surface area contributed by atoms with Crippen LogP contribution in [0.3, 0.4) is 0 Å². The van der Waals surface area contributed by atoms with Crippen molar-refractivity contribution in [3.05, 3.63) is 35.2 Å². The van der Waals surface area contributed by atoms with Crippen molar-refractivity contribution in [2.24, 2.45) is 0 Å². The third-order valence-corrected chi connectivity index (χ3v) is 3.03. The molecule has 0 aliphatic carbocycles. The minimum atomic E-state index is -1.32. The van der Waals surface area contributed by atoms with Gasteiger partial charge in [-0.05, 0) is 13.8 Å². The number of nitro groups is 1. The van der Waals surface area contributed by atoms with Gasteiger partial charge in [-0.25, -0.2) is 4.79 Å². The standard InChI is InChI=1S/C13H18N4O6/c1-4-5-23-8-10(11(18)19)15-12(20)13(2,3)16-7-9(6-14-16)17(21)22/h4,6-7,10H,1,5,8H2,2-3H3,(H,15,20)(H,18,19). The van der Waals surface area contributed by atoms with Crippen molar-refractivity contribution in [1.82, 2.24) is 15.1 Å². The lowest BCUT2D eigenvalue weighted by atomic mass is 10.0. The molecule has 10 heteroatoms. The molecular formula is C13H18N4O6. The number of ether oxygens (including phenoxy) is 1. The Labute approximate surface area is 131 Å². The summed E-state index contributed by atoms with van der Waals surface area (Å²) in [6.45, 7) is 6.27. The monoisotopic (exact) mass is 326 g/mol. The van der Waals surface area contributed by atoms with Crippen molar-refractivity contribution < 1.29 is 24.4 Å². The van der Waals surface area contributed by atoms with Gasteiger partial charge in [-0.15, -0.1) is 6.58 Å². The number of rotatable bonds is 9. The molecular weight excluding hydrogens is 308 g/mol. The molecule has 0 aliphatic rings. The lowest BCUT2D eigenvalue weighted by molar-refractivity contribution is -0.385. The molecule has 10 nitrogen and oxygen atoms in total. The summed E-state index contributed by atoms with van der Waals surface area (Å²) in [5.41, 5.74) is -1.59. The van der Waals surface area contributed by atoms with Crippen molar-refractivity contribution in [2.45, 2.75) is 25.4 Å². The maximum Gasteiger partial charge on any atom is 0.328 e. The summed E-state index contributed by atoms with van der Waals surface area (Å²) in [4.78, 5) is 33.5. The van der Waals surface area contributed by atoms with Crippen molar-refractivity contribution in [3.63, 3.8) is 0 Å². The first-order valence-electron chi connectivity index (χ1n) is 6.62. The Balaban J connectivity index is 2.84. The molecule has 0 aliphatic heterocycles. The quantitative estimate of drug-likeness (QED) is 0.288. The topological polar surface area (TPSA) is 137 Å². The molecule has 23 heavy (non-hydrogen) atoms. The average Bonchev–Trinajstić information content (AvgIpc) is 2.96. The number of nitrogens with one attached hydrogen (secondary N) is 1. The van der Waals surface area contributed by atoms with Crippen LogP contribution in [-0.2, 0) is 19.9 Å². The van der Waals surface area contributed by atoms with Gasteiger partial charge in [0.25, 0.3) is 0 Å². The predicted molar refractivity (Wildman–Crippen MR) is 78.8 cm³/mol. The molecule has 1 rings (SSSR count). The third-order valence-electron chi connectivity index (χ3n) is 3.03. The summed E-state index contributed by atoms with van der Waals surface area (Å²) in [5, 5.41) is 25.9. The lowest BCUT2D eigenvalue weighted by Crippen LogP contribution is -2.52. The van der Waals surface area contributed by atoms with E-state index in [1.807, 2.05) is 0 Å². The van der Waals surface area contributed by atoms with E-state index in [2.05, 4.69) is 17.0 Å². The van der Waals surface area contributed by atoms with E-state index < -0.39 is 28.4 Å². The molecule has 0 bridgehead atoms. The number of carboxylic acids is 1. The Hall–Kier alpha value is -2.75. The Morgan fingerprint density at radius 2 is 2.30 bits per heavy atom. The van der Waals surface area contributed by atoms with Crippen LogP contribution in [0.25, 0.3) is 0 Å². The maximum absolute atomic E-state index is 12.3. The molecule has 1 aromatic heterocycles. The normalized spacial score (nSPS) is 12.4. The summed E-state index contributed by atoms with van der Waals surface area (Å²) in [7, 11) is 0. The van der Waals surface area contributed by atoms with Crippen LogP contribution in [0, 0.1) is 10.1 Å². The fourth-order valence-electron chi connectivity index (χ4n) is 1.60. The van der Waals surface area contributed by atoms with Gasteiger partial charge < -0.3 is 15.2 Å². The van der Waals surface area contributed by atoms with Gasteiger partial charge in [0.15, 0.2) is 6.04 Å².